The normalized spacial score (nSPS) is 11.5. The van der Waals surface area contributed by atoms with Crippen LogP contribution in [0.25, 0.3) is 21.8 Å². The van der Waals surface area contributed by atoms with Gasteiger partial charge in [0.05, 0.1) is 52.5 Å². The Labute approximate surface area is 367 Å². The number of rotatable bonds is 11. The maximum atomic E-state index is 13.8. The van der Waals surface area contributed by atoms with Crippen LogP contribution in [0, 0.1) is 23.4 Å². The summed E-state index contributed by atoms with van der Waals surface area (Å²) in [5, 5.41) is 34.8. The smallest absolute Gasteiger partial charge is 0.337 e. The van der Waals surface area contributed by atoms with Gasteiger partial charge in [0, 0.05) is 29.7 Å². The van der Waals surface area contributed by atoms with E-state index in [1.807, 2.05) is 60.1 Å². The number of carbonyl (C=O) groups is 2. The minimum Gasteiger partial charge on any atom is -0.478 e. The first-order valence-corrected chi connectivity index (χ1v) is 21.6. The first kappa shape index (κ1) is 50.6. The lowest BCUT2D eigenvalue weighted by molar-refractivity contribution is 0.0687. The van der Waals surface area contributed by atoms with Crippen LogP contribution in [-0.2, 0) is 13.1 Å². The molecule has 0 aliphatic heterocycles. The number of nitrogens with one attached hydrogen (secondary N) is 2. The van der Waals surface area contributed by atoms with Crippen molar-refractivity contribution in [3.8, 4) is 0 Å². The van der Waals surface area contributed by atoms with Crippen LogP contribution in [0.1, 0.15) is 114 Å². The van der Waals surface area contributed by atoms with Gasteiger partial charge in [-0.1, -0.05) is 93.2 Å². The summed E-state index contributed by atoms with van der Waals surface area (Å²) in [6.45, 7) is 17.0. The van der Waals surface area contributed by atoms with E-state index in [0.717, 1.165) is 24.4 Å². The molecule has 1 aliphatic carbocycles. The summed E-state index contributed by atoms with van der Waals surface area (Å²) in [4.78, 5) is 30.8. The van der Waals surface area contributed by atoms with Crippen LogP contribution < -0.4 is 10.6 Å². The Kier molecular flexibility index (Phi) is 20.8. The molecule has 0 spiro atoms. The Hall–Kier alpha value is -6.77. The highest BCUT2D eigenvalue weighted by Gasteiger charge is 2.19. The number of hydrogen-bond acceptors (Lipinski definition) is 8. The molecule has 336 valence electrons. The van der Waals surface area contributed by atoms with Gasteiger partial charge in [-0.3, -0.25) is 19.3 Å². The monoisotopic (exact) mass is 868 g/mol. The summed E-state index contributed by atoms with van der Waals surface area (Å²) >= 11 is 0. The lowest BCUT2D eigenvalue weighted by atomic mass is 10.0. The van der Waals surface area contributed by atoms with E-state index >= 15 is 0 Å². The maximum absolute atomic E-state index is 13.8. The summed E-state index contributed by atoms with van der Waals surface area (Å²) in [6, 6.07) is 17.6. The molecular formula is C48H59F3N8O4. The van der Waals surface area contributed by atoms with Gasteiger partial charge in [0.1, 0.15) is 17.5 Å². The van der Waals surface area contributed by atoms with Gasteiger partial charge in [-0.25, -0.2) is 22.8 Å². The van der Waals surface area contributed by atoms with Gasteiger partial charge in [-0.05, 0) is 78.6 Å². The molecule has 0 unspecified atom stereocenters. The van der Waals surface area contributed by atoms with E-state index in [2.05, 4.69) is 30.8 Å². The Balaban J connectivity index is 0.000000290. The standard InChI is InChI=1S/C20H14F2N4O2.C20H21FN4O2.4C2H6/c21-13-3-1-2-12(8-13)11-26-18-5-4-14(22)9-16(18)19(25-26)24-17-10-23-7-6-15(17)20(27)28;21-14-5-6-18-16(11-14)19(23-17-12-22-9-7-15(17)20(26)27)24-25(18)10-8-13-3-1-2-4-13;4*1-2/h1-10H,11H2,(H,24,25)(H,27,28);5-7,9,11-13H,1-4,8,10H2,(H,23,24)(H,26,27);4*1-2H3. The van der Waals surface area contributed by atoms with E-state index in [1.165, 1.54) is 99.0 Å². The second-order valence-corrected chi connectivity index (χ2v) is 13.2. The van der Waals surface area contributed by atoms with Gasteiger partial charge < -0.3 is 20.8 Å². The largest absolute Gasteiger partial charge is 0.478 e. The van der Waals surface area contributed by atoms with E-state index < -0.39 is 17.8 Å². The molecule has 0 radical (unpaired) electrons. The highest BCUT2D eigenvalue weighted by molar-refractivity contribution is 5.99. The molecule has 8 rings (SSSR count). The van der Waals surface area contributed by atoms with Crippen molar-refractivity contribution in [2.75, 3.05) is 10.6 Å². The maximum Gasteiger partial charge on any atom is 0.337 e. The zero-order valence-electron chi connectivity index (χ0n) is 37.3. The third-order valence-electron chi connectivity index (χ3n) is 9.48. The Bertz CT molecular complexity index is 2520. The Morgan fingerprint density at radius 3 is 1.57 bits per heavy atom. The van der Waals surface area contributed by atoms with Gasteiger partial charge in [-0.15, -0.1) is 0 Å². The van der Waals surface area contributed by atoms with Gasteiger partial charge in [-0.2, -0.15) is 10.2 Å². The second-order valence-electron chi connectivity index (χ2n) is 13.2. The molecule has 12 nitrogen and oxygen atoms in total. The number of aromatic nitrogens is 6. The number of carboxylic acid groups (broad SMARTS) is 2. The van der Waals surface area contributed by atoms with Crippen molar-refractivity contribution in [1.82, 2.24) is 29.5 Å². The summed E-state index contributed by atoms with van der Waals surface area (Å²) in [5.41, 5.74) is 2.81. The molecule has 7 aromatic rings. The molecule has 1 saturated carbocycles. The first-order chi connectivity index (χ1) is 30.6. The first-order valence-electron chi connectivity index (χ1n) is 21.6. The van der Waals surface area contributed by atoms with Crippen LogP contribution in [0.5, 0.6) is 0 Å². The quantitative estimate of drug-likeness (QED) is 0.0985. The van der Waals surface area contributed by atoms with Gasteiger partial charge in [0.2, 0.25) is 0 Å². The van der Waals surface area contributed by atoms with E-state index in [0.29, 0.717) is 33.4 Å². The molecule has 1 aliphatic rings. The number of hydrogen-bond donors (Lipinski definition) is 4. The van der Waals surface area contributed by atoms with Crippen molar-refractivity contribution >= 4 is 56.8 Å². The molecule has 4 aromatic heterocycles. The van der Waals surface area contributed by atoms with E-state index in [-0.39, 0.29) is 40.8 Å². The van der Waals surface area contributed by atoms with Gasteiger partial charge in [0.15, 0.2) is 11.6 Å². The molecule has 4 heterocycles. The number of fused-ring (bicyclic) bond motifs is 2. The highest BCUT2D eigenvalue weighted by atomic mass is 19.1. The molecule has 0 bridgehead atoms. The molecule has 0 atom stereocenters. The van der Waals surface area contributed by atoms with Crippen molar-refractivity contribution < 1.29 is 33.0 Å². The predicted octanol–water partition coefficient (Wildman–Crippen LogP) is 12.9. The van der Waals surface area contributed by atoms with Crippen molar-refractivity contribution in [2.24, 2.45) is 5.92 Å². The molecule has 4 N–H and O–H groups in total. The molecule has 15 heteroatoms. The van der Waals surface area contributed by atoms with E-state index in [1.54, 1.807) is 28.9 Å². The predicted molar refractivity (Wildman–Crippen MR) is 246 cm³/mol. The highest BCUT2D eigenvalue weighted by Crippen LogP contribution is 2.32. The number of aryl methyl sites for hydroxylation is 1. The minimum atomic E-state index is -1.13. The number of carboxylic acids is 2. The van der Waals surface area contributed by atoms with Crippen LogP contribution in [0.2, 0.25) is 0 Å². The number of anilines is 4. The van der Waals surface area contributed by atoms with Crippen molar-refractivity contribution in [3.05, 3.63) is 132 Å². The Morgan fingerprint density at radius 2 is 1.10 bits per heavy atom. The van der Waals surface area contributed by atoms with Crippen LogP contribution in [-0.4, -0.2) is 51.7 Å². The van der Waals surface area contributed by atoms with Crippen molar-refractivity contribution in [3.63, 3.8) is 0 Å². The van der Waals surface area contributed by atoms with Gasteiger partial charge in [0.25, 0.3) is 0 Å². The summed E-state index contributed by atoms with van der Waals surface area (Å²) in [5.74, 6) is -1.92. The van der Waals surface area contributed by atoms with Crippen molar-refractivity contribution in [1.29, 1.82) is 0 Å². The van der Waals surface area contributed by atoms with Crippen LogP contribution in [0.3, 0.4) is 0 Å². The van der Waals surface area contributed by atoms with Crippen LogP contribution in [0.15, 0.2) is 97.6 Å². The summed E-state index contributed by atoms with van der Waals surface area (Å²) in [7, 11) is 0. The fourth-order valence-corrected chi connectivity index (χ4v) is 6.81. The van der Waals surface area contributed by atoms with Crippen LogP contribution >= 0.6 is 0 Å². The molecule has 1 fully saturated rings. The third kappa shape index (κ3) is 13.6. The fraction of sp³-hybridized carbons (Fsp3) is 0.333. The summed E-state index contributed by atoms with van der Waals surface area (Å²) in [6.07, 6.45) is 11.7. The van der Waals surface area contributed by atoms with E-state index in [4.69, 9.17) is 0 Å². The lowest BCUT2D eigenvalue weighted by Crippen LogP contribution is -2.06. The van der Waals surface area contributed by atoms with E-state index in [9.17, 15) is 33.0 Å². The fourth-order valence-electron chi connectivity index (χ4n) is 6.81. The number of halogens is 3. The minimum absolute atomic E-state index is 0.0132. The SMILES string of the molecule is CC.CC.CC.CC.O=C(O)c1ccncc1Nc1nn(CCC2CCCC2)c2ccc(F)cc12.O=C(O)c1ccncc1Nc1nn(Cc2cccc(F)c2)c2ccc(F)cc12. The number of aromatic carboxylic acids is 2. The number of benzene rings is 3. The average Bonchev–Trinajstić information content (AvgIpc) is 4.04. The molecule has 0 amide bonds. The lowest BCUT2D eigenvalue weighted by Gasteiger charge is -2.09. The third-order valence-corrected chi connectivity index (χ3v) is 9.48. The van der Waals surface area contributed by atoms with Gasteiger partial charge >= 0.3 is 11.9 Å². The second kappa shape index (κ2) is 25.9. The average molecular weight is 869 g/mol. The number of pyridine rings is 2. The van der Waals surface area contributed by atoms with Crippen LogP contribution in [0.4, 0.5) is 36.2 Å². The molecular weight excluding hydrogens is 810 g/mol. The topological polar surface area (TPSA) is 160 Å². The van der Waals surface area contributed by atoms with Crippen molar-refractivity contribution in [2.45, 2.75) is 101 Å². The molecule has 63 heavy (non-hydrogen) atoms. The number of nitrogens with zero attached hydrogens (tertiary/aromatic N) is 6. The zero-order valence-corrected chi connectivity index (χ0v) is 37.3. The summed E-state index contributed by atoms with van der Waals surface area (Å²) < 4.78 is 44.6. The Morgan fingerprint density at radius 1 is 0.635 bits per heavy atom. The molecule has 0 saturated heterocycles. The molecule has 3 aromatic carbocycles. The zero-order chi connectivity index (χ0) is 46.5.